The second kappa shape index (κ2) is 6.44. The molecule has 0 bridgehead atoms. The molecule has 2 rings (SSSR count). The molecule has 2 saturated heterocycles. The quantitative estimate of drug-likeness (QED) is 0.538. The molecule has 0 saturated carbocycles. The minimum absolute atomic E-state index is 0.0862. The van der Waals surface area contributed by atoms with Gasteiger partial charge in [-0.1, -0.05) is 0 Å². The highest BCUT2D eigenvalue weighted by molar-refractivity contribution is 5.60. The van der Waals surface area contributed by atoms with Gasteiger partial charge < -0.3 is 23.7 Å². The van der Waals surface area contributed by atoms with Crippen LogP contribution in [0.4, 0.5) is 9.59 Å². The number of carbonyl (C=O) groups is 2. The SMILES string of the molecule is O=C1OCC(CCOCC2COC(=O)OC2)CO1. The Kier molecular flexibility index (Phi) is 4.63. The fourth-order valence-electron chi connectivity index (χ4n) is 1.69. The number of cyclic esters (lactones) is 4. The van der Waals surface area contributed by atoms with Crippen LogP contribution in [-0.4, -0.2) is 52.0 Å². The molecule has 7 heteroatoms. The zero-order valence-corrected chi connectivity index (χ0v) is 9.96. The molecule has 0 amide bonds. The topological polar surface area (TPSA) is 80.3 Å². The Labute approximate surface area is 104 Å². The average molecular weight is 260 g/mol. The lowest BCUT2D eigenvalue weighted by Gasteiger charge is -2.23. The van der Waals surface area contributed by atoms with Crippen LogP contribution < -0.4 is 0 Å². The molecule has 0 unspecified atom stereocenters. The Morgan fingerprint density at radius 2 is 1.39 bits per heavy atom. The monoisotopic (exact) mass is 260 g/mol. The van der Waals surface area contributed by atoms with Gasteiger partial charge in [0.2, 0.25) is 0 Å². The minimum Gasteiger partial charge on any atom is -0.434 e. The predicted octanol–water partition coefficient (Wildman–Crippen LogP) is 0.959. The Morgan fingerprint density at radius 3 is 1.94 bits per heavy atom. The number of ether oxygens (including phenoxy) is 5. The molecule has 2 aliphatic heterocycles. The molecule has 0 aromatic rings. The highest BCUT2D eigenvalue weighted by atomic mass is 16.7. The fourth-order valence-corrected chi connectivity index (χ4v) is 1.69. The lowest BCUT2D eigenvalue weighted by atomic mass is 10.1. The molecule has 0 aromatic carbocycles. The van der Waals surface area contributed by atoms with E-state index < -0.39 is 12.3 Å². The summed E-state index contributed by atoms with van der Waals surface area (Å²) in [7, 11) is 0. The summed E-state index contributed by atoms with van der Waals surface area (Å²) < 4.78 is 24.4. The average Bonchev–Trinajstić information content (AvgIpc) is 2.39. The van der Waals surface area contributed by atoms with Gasteiger partial charge in [-0.25, -0.2) is 9.59 Å². The first-order valence-corrected chi connectivity index (χ1v) is 5.91. The van der Waals surface area contributed by atoms with Crippen LogP contribution in [0.15, 0.2) is 0 Å². The summed E-state index contributed by atoms with van der Waals surface area (Å²) in [5, 5.41) is 0. The van der Waals surface area contributed by atoms with Crippen molar-refractivity contribution in [2.45, 2.75) is 6.42 Å². The Balaban J connectivity index is 1.51. The van der Waals surface area contributed by atoms with Gasteiger partial charge in [0.15, 0.2) is 0 Å². The van der Waals surface area contributed by atoms with Crippen molar-refractivity contribution < 1.29 is 33.3 Å². The third-order valence-corrected chi connectivity index (χ3v) is 2.77. The molecule has 2 aliphatic rings. The van der Waals surface area contributed by atoms with Crippen molar-refractivity contribution in [1.82, 2.24) is 0 Å². The first kappa shape index (κ1) is 12.9. The second-order valence-corrected chi connectivity index (χ2v) is 4.34. The highest BCUT2D eigenvalue weighted by Crippen LogP contribution is 2.12. The Hall–Kier alpha value is -1.50. The van der Waals surface area contributed by atoms with Crippen molar-refractivity contribution in [1.29, 1.82) is 0 Å². The highest BCUT2D eigenvalue weighted by Gasteiger charge is 2.22. The molecule has 0 aromatic heterocycles. The zero-order valence-electron chi connectivity index (χ0n) is 9.96. The van der Waals surface area contributed by atoms with Gasteiger partial charge in [-0.05, 0) is 6.42 Å². The van der Waals surface area contributed by atoms with E-state index in [4.69, 9.17) is 23.7 Å². The van der Waals surface area contributed by atoms with Crippen LogP contribution in [-0.2, 0) is 23.7 Å². The first-order chi connectivity index (χ1) is 8.74. The summed E-state index contributed by atoms with van der Waals surface area (Å²) >= 11 is 0. The predicted molar refractivity (Wildman–Crippen MR) is 57.0 cm³/mol. The maximum atomic E-state index is 10.6. The van der Waals surface area contributed by atoms with Crippen LogP contribution in [0.2, 0.25) is 0 Å². The molecule has 0 N–H and O–H groups in total. The van der Waals surface area contributed by atoms with E-state index in [9.17, 15) is 9.59 Å². The van der Waals surface area contributed by atoms with Crippen LogP contribution >= 0.6 is 0 Å². The summed E-state index contributed by atoms with van der Waals surface area (Å²) in [4.78, 5) is 21.3. The normalized spacial score (nSPS) is 21.8. The molecule has 102 valence electrons. The van der Waals surface area contributed by atoms with Gasteiger partial charge in [0, 0.05) is 12.5 Å². The lowest BCUT2D eigenvalue weighted by molar-refractivity contribution is -0.0472. The van der Waals surface area contributed by atoms with Gasteiger partial charge in [-0.2, -0.15) is 0 Å². The summed E-state index contributed by atoms with van der Waals surface area (Å²) in [5.74, 6) is 0.270. The molecule has 2 heterocycles. The number of hydrogen-bond donors (Lipinski definition) is 0. The molecular weight excluding hydrogens is 244 g/mol. The van der Waals surface area contributed by atoms with Gasteiger partial charge in [0.05, 0.1) is 12.5 Å². The third kappa shape index (κ3) is 4.06. The Bertz CT molecular complexity index is 254. The van der Waals surface area contributed by atoms with E-state index >= 15 is 0 Å². The van der Waals surface area contributed by atoms with E-state index in [0.717, 1.165) is 6.42 Å². The largest absolute Gasteiger partial charge is 0.508 e. The van der Waals surface area contributed by atoms with Gasteiger partial charge in [-0.15, -0.1) is 0 Å². The van der Waals surface area contributed by atoms with E-state index in [1.807, 2.05) is 0 Å². The second-order valence-electron chi connectivity index (χ2n) is 4.34. The minimum atomic E-state index is -0.618. The molecule has 0 aliphatic carbocycles. The summed E-state index contributed by atoms with van der Waals surface area (Å²) in [6.07, 6.45) is -0.457. The van der Waals surface area contributed by atoms with E-state index in [0.29, 0.717) is 39.6 Å². The molecule has 18 heavy (non-hydrogen) atoms. The van der Waals surface area contributed by atoms with Crippen LogP contribution in [0.25, 0.3) is 0 Å². The number of hydrogen-bond acceptors (Lipinski definition) is 7. The van der Waals surface area contributed by atoms with E-state index in [-0.39, 0.29) is 11.8 Å². The number of carbonyl (C=O) groups excluding carboxylic acids is 2. The van der Waals surface area contributed by atoms with Gasteiger partial charge in [-0.3, -0.25) is 0 Å². The van der Waals surface area contributed by atoms with Crippen molar-refractivity contribution in [2.24, 2.45) is 11.8 Å². The van der Waals surface area contributed by atoms with Gasteiger partial charge in [0.25, 0.3) is 0 Å². The van der Waals surface area contributed by atoms with Gasteiger partial charge >= 0.3 is 12.3 Å². The first-order valence-electron chi connectivity index (χ1n) is 5.91. The van der Waals surface area contributed by atoms with Crippen LogP contribution in [0.3, 0.4) is 0 Å². The molecule has 7 nitrogen and oxygen atoms in total. The summed E-state index contributed by atoms with van der Waals surface area (Å²) in [6.45, 7) is 2.47. The van der Waals surface area contributed by atoms with E-state index in [1.165, 1.54) is 0 Å². The molecule has 2 fully saturated rings. The standard InChI is InChI=1S/C11H16O7/c12-10-15-4-8(5-16-10)1-2-14-3-9-6-17-11(13)18-7-9/h8-9H,1-7H2. The zero-order chi connectivity index (χ0) is 12.8. The van der Waals surface area contributed by atoms with Crippen LogP contribution in [0, 0.1) is 11.8 Å². The molecule has 0 spiro atoms. The van der Waals surface area contributed by atoms with Crippen molar-refractivity contribution in [3.63, 3.8) is 0 Å². The van der Waals surface area contributed by atoms with E-state index in [2.05, 4.69) is 0 Å². The lowest BCUT2D eigenvalue weighted by Crippen LogP contribution is -2.31. The third-order valence-electron chi connectivity index (χ3n) is 2.77. The van der Waals surface area contributed by atoms with Crippen LogP contribution in [0.5, 0.6) is 0 Å². The maximum Gasteiger partial charge on any atom is 0.508 e. The Morgan fingerprint density at radius 1 is 0.889 bits per heavy atom. The number of rotatable bonds is 5. The smallest absolute Gasteiger partial charge is 0.434 e. The van der Waals surface area contributed by atoms with Crippen molar-refractivity contribution in [3.8, 4) is 0 Å². The van der Waals surface area contributed by atoms with Gasteiger partial charge in [0.1, 0.15) is 26.4 Å². The van der Waals surface area contributed by atoms with Crippen LogP contribution in [0.1, 0.15) is 6.42 Å². The molecular formula is C11H16O7. The van der Waals surface area contributed by atoms with Crippen molar-refractivity contribution >= 4 is 12.3 Å². The summed E-state index contributed by atoms with van der Waals surface area (Å²) in [5.41, 5.74) is 0. The van der Waals surface area contributed by atoms with Crippen molar-refractivity contribution in [2.75, 3.05) is 39.6 Å². The fraction of sp³-hybridized carbons (Fsp3) is 0.818. The van der Waals surface area contributed by atoms with E-state index in [1.54, 1.807) is 0 Å². The molecule has 0 radical (unpaired) electrons. The van der Waals surface area contributed by atoms with Crippen molar-refractivity contribution in [3.05, 3.63) is 0 Å². The molecule has 0 atom stereocenters. The summed E-state index contributed by atoms with van der Waals surface area (Å²) in [6, 6.07) is 0. The maximum absolute atomic E-state index is 10.6.